The predicted octanol–water partition coefficient (Wildman–Crippen LogP) is 0.0325. The number of carbonyl (C=O) groups is 2. The molecule has 1 aliphatic rings. The summed E-state index contributed by atoms with van der Waals surface area (Å²) in [5, 5.41) is 21.5. The van der Waals surface area contributed by atoms with E-state index in [1.807, 2.05) is 0 Å². The van der Waals surface area contributed by atoms with Crippen molar-refractivity contribution in [2.24, 2.45) is 0 Å². The number of hydrogen-bond donors (Lipinski definition) is 3. The van der Waals surface area contributed by atoms with E-state index in [4.69, 9.17) is 9.84 Å². The number of nitrogens with one attached hydrogen (secondary N) is 1. The molecule has 1 rings (SSSR count). The maximum atomic E-state index is 11.8. The monoisotopic (exact) mass is 274 g/mol. The van der Waals surface area contributed by atoms with Gasteiger partial charge in [-0.05, 0) is 12.8 Å². The van der Waals surface area contributed by atoms with Crippen LogP contribution in [0.15, 0.2) is 0 Å². The molecule has 0 bridgehead atoms. The van der Waals surface area contributed by atoms with E-state index in [0.717, 1.165) is 12.8 Å². The van der Waals surface area contributed by atoms with E-state index in [1.165, 1.54) is 19.1 Å². The van der Waals surface area contributed by atoms with Crippen molar-refractivity contribution in [2.75, 3.05) is 27.3 Å². The van der Waals surface area contributed by atoms with Crippen molar-refractivity contribution in [1.29, 1.82) is 0 Å². The van der Waals surface area contributed by atoms with Gasteiger partial charge in [-0.1, -0.05) is 12.8 Å². The lowest BCUT2D eigenvalue weighted by atomic mass is 10.0. The van der Waals surface area contributed by atoms with E-state index >= 15 is 0 Å². The Labute approximate surface area is 112 Å². The summed E-state index contributed by atoms with van der Waals surface area (Å²) in [5.74, 6) is -1.15. The average Bonchev–Trinajstić information content (AvgIpc) is 2.74. The van der Waals surface area contributed by atoms with Crippen molar-refractivity contribution in [3.05, 3.63) is 0 Å². The number of methoxy groups -OCH3 is 1. The first-order valence-corrected chi connectivity index (χ1v) is 6.34. The van der Waals surface area contributed by atoms with Crippen LogP contribution in [0.1, 0.15) is 25.7 Å². The number of rotatable bonds is 6. The quantitative estimate of drug-likeness (QED) is 0.635. The van der Waals surface area contributed by atoms with Crippen molar-refractivity contribution in [1.82, 2.24) is 10.2 Å². The van der Waals surface area contributed by atoms with E-state index in [9.17, 15) is 14.7 Å². The van der Waals surface area contributed by atoms with Gasteiger partial charge in [-0.3, -0.25) is 0 Å². The topological polar surface area (TPSA) is 99.1 Å². The highest BCUT2D eigenvalue weighted by atomic mass is 16.5. The molecule has 19 heavy (non-hydrogen) atoms. The fourth-order valence-electron chi connectivity index (χ4n) is 2.31. The van der Waals surface area contributed by atoms with Crippen molar-refractivity contribution in [3.63, 3.8) is 0 Å². The fourth-order valence-corrected chi connectivity index (χ4v) is 2.31. The van der Waals surface area contributed by atoms with E-state index in [1.54, 1.807) is 0 Å². The number of carboxylic acids is 1. The smallest absolute Gasteiger partial charge is 0.328 e. The summed E-state index contributed by atoms with van der Waals surface area (Å²) in [6.45, 7) is 0.108. The van der Waals surface area contributed by atoms with Gasteiger partial charge in [0.15, 0.2) is 6.04 Å². The van der Waals surface area contributed by atoms with Crippen LogP contribution in [0.2, 0.25) is 0 Å². The van der Waals surface area contributed by atoms with Gasteiger partial charge in [-0.2, -0.15) is 0 Å². The molecule has 0 radical (unpaired) electrons. The third kappa shape index (κ3) is 4.68. The normalized spacial score (nSPS) is 18.9. The minimum absolute atomic E-state index is 0.0980. The van der Waals surface area contributed by atoms with Crippen molar-refractivity contribution >= 4 is 12.0 Å². The zero-order chi connectivity index (χ0) is 14.5. The number of amides is 2. The summed E-state index contributed by atoms with van der Waals surface area (Å²) in [6, 6.07) is -1.61. The molecule has 0 spiro atoms. The van der Waals surface area contributed by atoms with Gasteiger partial charge in [0.25, 0.3) is 0 Å². The summed E-state index contributed by atoms with van der Waals surface area (Å²) in [6.07, 6.45) is 3.25. The molecule has 3 N–H and O–H groups in total. The van der Waals surface area contributed by atoms with Crippen LogP contribution in [-0.2, 0) is 9.53 Å². The van der Waals surface area contributed by atoms with E-state index < -0.39 is 23.6 Å². The summed E-state index contributed by atoms with van der Waals surface area (Å²) < 4.78 is 4.74. The molecule has 0 saturated heterocycles. The van der Waals surface area contributed by atoms with Gasteiger partial charge in [-0.15, -0.1) is 0 Å². The molecule has 110 valence electrons. The molecule has 1 saturated carbocycles. The van der Waals surface area contributed by atoms with Crippen LogP contribution in [0.25, 0.3) is 0 Å². The average molecular weight is 274 g/mol. The highest BCUT2D eigenvalue weighted by Gasteiger charge is 2.34. The van der Waals surface area contributed by atoms with Crippen LogP contribution < -0.4 is 5.32 Å². The van der Waals surface area contributed by atoms with E-state index in [0.29, 0.717) is 12.8 Å². The Morgan fingerprint density at radius 2 is 2.00 bits per heavy atom. The molecule has 1 aliphatic carbocycles. The number of ether oxygens (including phenoxy) is 1. The molecule has 7 nitrogen and oxygen atoms in total. The molecule has 2 amide bonds. The lowest BCUT2D eigenvalue weighted by Gasteiger charge is -2.29. The van der Waals surface area contributed by atoms with E-state index in [-0.39, 0.29) is 13.2 Å². The largest absolute Gasteiger partial charge is 0.480 e. The van der Waals surface area contributed by atoms with Crippen molar-refractivity contribution in [3.8, 4) is 0 Å². The highest BCUT2D eigenvalue weighted by Crippen LogP contribution is 2.29. The molecule has 0 aromatic heterocycles. The van der Waals surface area contributed by atoms with Gasteiger partial charge in [-0.25, -0.2) is 9.59 Å². The molecule has 1 unspecified atom stereocenters. The Hall–Kier alpha value is -1.34. The summed E-state index contributed by atoms with van der Waals surface area (Å²) >= 11 is 0. The van der Waals surface area contributed by atoms with Crippen LogP contribution in [-0.4, -0.2) is 66.1 Å². The molecule has 1 fully saturated rings. The standard InChI is InChI=1S/C12H22N2O5/c1-14(8-12(18)5-3-4-6-12)11(17)13-9(7-19-2)10(15)16/h9,18H,3-8H2,1-2H3,(H,13,17)(H,15,16). The first-order valence-electron chi connectivity index (χ1n) is 6.34. The Morgan fingerprint density at radius 3 is 2.47 bits per heavy atom. The molecule has 7 heteroatoms. The molecule has 0 aromatic rings. The van der Waals surface area contributed by atoms with Crippen LogP contribution in [0, 0.1) is 0 Å². The van der Waals surface area contributed by atoms with Crippen molar-refractivity contribution < 1.29 is 24.5 Å². The Bertz CT molecular complexity index is 328. The second kappa shape index (κ2) is 6.72. The molecule has 0 heterocycles. The number of likely N-dealkylation sites (N-methyl/N-ethyl adjacent to an activating group) is 1. The lowest BCUT2D eigenvalue weighted by molar-refractivity contribution is -0.140. The Balaban J connectivity index is 2.49. The van der Waals surface area contributed by atoms with Crippen LogP contribution >= 0.6 is 0 Å². The van der Waals surface area contributed by atoms with Gasteiger partial charge in [0.1, 0.15) is 0 Å². The zero-order valence-corrected chi connectivity index (χ0v) is 11.4. The van der Waals surface area contributed by atoms with Gasteiger partial charge >= 0.3 is 12.0 Å². The van der Waals surface area contributed by atoms with Crippen LogP contribution in [0.3, 0.4) is 0 Å². The number of aliphatic hydroxyl groups is 1. The fraction of sp³-hybridized carbons (Fsp3) is 0.833. The number of hydrogen-bond acceptors (Lipinski definition) is 4. The number of nitrogens with zero attached hydrogens (tertiary/aromatic N) is 1. The second-order valence-electron chi connectivity index (χ2n) is 5.08. The number of aliphatic carboxylic acids is 1. The molecule has 1 atom stereocenters. The van der Waals surface area contributed by atoms with Crippen LogP contribution in [0.4, 0.5) is 4.79 Å². The number of urea groups is 1. The first kappa shape index (κ1) is 15.7. The van der Waals surface area contributed by atoms with Gasteiger partial charge in [0.05, 0.1) is 18.8 Å². The molecule has 0 aliphatic heterocycles. The highest BCUT2D eigenvalue weighted by molar-refractivity contribution is 5.82. The van der Waals surface area contributed by atoms with Crippen molar-refractivity contribution in [2.45, 2.75) is 37.3 Å². The lowest BCUT2D eigenvalue weighted by Crippen LogP contribution is -2.52. The van der Waals surface area contributed by atoms with Gasteiger partial charge in [0.2, 0.25) is 0 Å². The minimum Gasteiger partial charge on any atom is -0.480 e. The summed E-state index contributed by atoms with van der Waals surface area (Å²) in [7, 11) is 2.91. The van der Waals surface area contributed by atoms with Crippen LogP contribution in [0.5, 0.6) is 0 Å². The molecular weight excluding hydrogens is 252 g/mol. The SMILES string of the molecule is COCC(NC(=O)N(C)CC1(O)CCCC1)C(=O)O. The number of carbonyl (C=O) groups excluding carboxylic acids is 1. The summed E-state index contributed by atoms with van der Waals surface area (Å²) in [5.41, 5.74) is -0.841. The first-order chi connectivity index (χ1) is 8.88. The predicted molar refractivity (Wildman–Crippen MR) is 67.9 cm³/mol. The minimum atomic E-state index is -1.15. The van der Waals surface area contributed by atoms with Gasteiger partial charge < -0.3 is 25.2 Å². The third-order valence-corrected chi connectivity index (χ3v) is 3.34. The third-order valence-electron chi connectivity index (χ3n) is 3.34. The Kier molecular flexibility index (Phi) is 5.56. The summed E-state index contributed by atoms with van der Waals surface area (Å²) in [4.78, 5) is 24.1. The van der Waals surface area contributed by atoms with Gasteiger partial charge in [0, 0.05) is 14.2 Å². The van der Waals surface area contributed by atoms with E-state index in [2.05, 4.69) is 5.32 Å². The maximum absolute atomic E-state index is 11.8. The molecule has 0 aromatic carbocycles. The second-order valence-corrected chi connectivity index (χ2v) is 5.08. The molecular formula is C12H22N2O5. The zero-order valence-electron chi connectivity index (χ0n) is 11.4. The number of carboxylic acid groups (broad SMARTS) is 1. The Morgan fingerprint density at radius 1 is 1.42 bits per heavy atom. The maximum Gasteiger partial charge on any atom is 0.328 e.